The monoisotopic (exact) mass is 412 g/mol. The van der Waals surface area contributed by atoms with Gasteiger partial charge in [0.1, 0.15) is 4.90 Å². The smallest absolute Gasteiger partial charge is 0.291 e. The fraction of sp³-hybridized carbons (Fsp3) is 0.0526. The zero-order chi connectivity index (χ0) is 20.4. The highest BCUT2D eigenvalue weighted by Gasteiger charge is 2.32. The molecule has 0 radical (unpaired) electrons. The fourth-order valence-electron chi connectivity index (χ4n) is 2.79. The number of hydrogen-bond donors (Lipinski definition) is 4. The number of nitrogens with one attached hydrogen (secondary N) is 4. The highest BCUT2D eigenvalue weighted by molar-refractivity contribution is 7.89. The average molecular weight is 412 g/mol. The van der Waals surface area contributed by atoms with Crippen molar-refractivity contribution in [2.75, 3.05) is 16.0 Å². The quantitative estimate of drug-likeness (QED) is 0.520. The van der Waals surface area contributed by atoms with Crippen LogP contribution in [0.4, 0.5) is 17.1 Å². The van der Waals surface area contributed by atoms with Crippen LogP contribution in [0.1, 0.15) is 10.6 Å². The van der Waals surface area contributed by atoms with Crippen LogP contribution in [0.3, 0.4) is 0 Å². The molecule has 4 rings (SSSR count). The number of benzene rings is 2. The lowest BCUT2D eigenvalue weighted by molar-refractivity contribution is -0.117. The van der Waals surface area contributed by atoms with E-state index in [0.29, 0.717) is 17.1 Å². The summed E-state index contributed by atoms with van der Waals surface area (Å²) in [4.78, 5) is 24.5. The maximum atomic E-state index is 12.5. The summed E-state index contributed by atoms with van der Waals surface area (Å²) in [6.07, 6.45) is 0.243. The molecule has 4 N–H and O–H groups in total. The summed E-state index contributed by atoms with van der Waals surface area (Å²) in [7, 11) is -3.80. The van der Waals surface area contributed by atoms with Gasteiger partial charge >= 0.3 is 0 Å². The number of carbonyl (C=O) groups is 2. The Morgan fingerprint density at radius 2 is 1.59 bits per heavy atom. The highest BCUT2D eigenvalue weighted by Crippen LogP contribution is 2.25. The molecule has 2 aromatic carbocycles. The molecule has 10 heteroatoms. The van der Waals surface area contributed by atoms with Crippen molar-refractivity contribution in [2.45, 2.75) is 11.1 Å². The van der Waals surface area contributed by atoms with Gasteiger partial charge in [-0.05, 0) is 48.5 Å². The van der Waals surface area contributed by atoms with Crippen molar-refractivity contribution in [1.82, 2.24) is 4.72 Å². The first-order valence-corrected chi connectivity index (χ1v) is 10.0. The van der Waals surface area contributed by atoms with Crippen molar-refractivity contribution in [2.24, 2.45) is 0 Å². The lowest BCUT2D eigenvalue weighted by atomic mass is 10.2. The van der Waals surface area contributed by atoms with E-state index in [2.05, 4.69) is 20.7 Å². The molecule has 0 aliphatic carbocycles. The van der Waals surface area contributed by atoms with Gasteiger partial charge in [0.25, 0.3) is 11.8 Å². The van der Waals surface area contributed by atoms with Crippen molar-refractivity contribution < 1.29 is 22.4 Å². The first-order chi connectivity index (χ1) is 13.9. The Balaban J connectivity index is 1.42. The maximum Gasteiger partial charge on any atom is 0.291 e. The van der Waals surface area contributed by atoms with Crippen molar-refractivity contribution in [3.05, 3.63) is 72.7 Å². The molecule has 0 bridgehead atoms. The fourth-order valence-corrected chi connectivity index (χ4v) is 4.07. The van der Waals surface area contributed by atoms with Gasteiger partial charge in [0.2, 0.25) is 10.0 Å². The third kappa shape index (κ3) is 3.98. The molecule has 1 aliphatic heterocycles. The van der Waals surface area contributed by atoms with E-state index in [1.165, 1.54) is 12.3 Å². The summed E-state index contributed by atoms with van der Waals surface area (Å²) in [6, 6.07) is 15.8. The minimum absolute atomic E-state index is 0.0840. The zero-order valence-corrected chi connectivity index (χ0v) is 15.7. The number of furan rings is 1. The second-order valence-corrected chi connectivity index (χ2v) is 7.88. The Labute approximate surface area is 166 Å². The topological polar surface area (TPSA) is 130 Å². The molecule has 0 saturated carbocycles. The number of amides is 2. The van der Waals surface area contributed by atoms with Gasteiger partial charge in [0.15, 0.2) is 11.9 Å². The molecule has 0 fully saturated rings. The lowest BCUT2D eigenvalue weighted by Gasteiger charge is -2.27. The number of carbonyl (C=O) groups excluding carboxylic acids is 2. The lowest BCUT2D eigenvalue weighted by Crippen LogP contribution is -2.51. The summed E-state index contributed by atoms with van der Waals surface area (Å²) < 4.78 is 31.9. The van der Waals surface area contributed by atoms with Crippen molar-refractivity contribution in [3.63, 3.8) is 0 Å². The van der Waals surface area contributed by atoms with Crippen molar-refractivity contribution in [3.8, 4) is 0 Å². The van der Waals surface area contributed by atoms with Gasteiger partial charge in [0.05, 0.1) is 12.0 Å². The molecular weight excluding hydrogens is 396 g/mol. The normalized spacial score (nSPS) is 16.9. The third-order valence-electron chi connectivity index (χ3n) is 4.17. The minimum atomic E-state index is -3.80. The van der Waals surface area contributed by atoms with Crippen molar-refractivity contribution >= 4 is 38.9 Å². The van der Waals surface area contributed by atoms with Gasteiger partial charge in [0, 0.05) is 11.4 Å². The second kappa shape index (κ2) is 7.41. The molecule has 1 atom stereocenters. The summed E-state index contributed by atoms with van der Waals surface area (Å²) >= 11 is 0. The molecule has 148 valence electrons. The number of rotatable bonds is 4. The molecule has 3 aromatic rings. The number of para-hydroxylation sites is 1. The Morgan fingerprint density at radius 3 is 2.28 bits per heavy atom. The molecule has 9 nitrogen and oxygen atoms in total. The van der Waals surface area contributed by atoms with Crippen LogP contribution in [0.25, 0.3) is 0 Å². The van der Waals surface area contributed by atoms with E-state index in [0.717, 1.165) is 0 Å². The molecule has 0 saturated heterocycles. The maximum absolute atomic E-state index is 12.5. The van der Waals surface area contributed by atoms with E-state index in [4.69, 9.17) is 4.42 Å². The van der Waals surface area contributed by atoms with Gasteiger partial charge in [-0.15, -0.1) is 0 Å². The van der Waals surface area contributed by atoms with Gasteiger partial charge < -0.3 is 20.4 Å². The first kappa shape index (κ1) is 18.7. The summed E-state index contributed by atoms with van der Waals surface area (Å²) in [5.74, 6) is -0.792. The van der Waals surface area contributed by atoms with Crippen LogP contribution >= 0.6 is 0 Å². The van der Waals surface area contributed by atoms with Crippen LogP contribution in [-0.2, 0) is 14.8 Å². The molecule has 1 aromatic heterocycles. The Hall–Kier alpha value is -3.63. The Bertz CT molecular complexity index is 1160. The largest absolute Gasteiger partial charge is 0.459 e. The number of sulfonamides is 1. The van der Waals surface area contributed by atoms with E-state index in [1.807, 2.05) is 0 Å². The van der Waals surface area contributed by atoms with Gasteiger partial charge in [-0.3, -0.25) is 9.59 Å². The summed E-state index contributed by atoms with van der Waals surface area (Å²) in [5.41, 5.74) is 1.29. The Kier molecular flexibility index (Phi) is 4.79. The number of fused-ring (bicyclic) bond motifs is 1. The van der Waals surface area contributed by atoms with Crippen LogP contribution in [0.15, 0.2) is 76.2 Å². The van der Waals surface area contributed by atoms with Gasteiger partial charge in [-0.2, -0.15) is 4.72 Å². The minimum Gasteiger partial charge on any atom is -0.459 e. The van der Waals surface area contributed by atoms with Gasteiger partial charge in [-0.1, -0.05) is 12.1 Å². The van der Waals surface area contributed by atoms with E-state index >= 15 is 0 Å². The van der Waals surface area contributed by atoms with Crippen LogP contribution < -0.4 is 20.7 Å². The van der Waals surface area contributed by atoms with Crippen LogP contribution in [0.2, 0.25) is 0 Å². The zero-order valence-electron chi connectivity index (χ0n) is 14.9. The van der Waals surface area contributed by atoms with E-state index < -0.39 is 28.0 Å². The molecule has 0 unspecified atom stereocenters. The second-order valence-electron chi connectivity index (χ2n) is 6.19. The summed E-state index contributed by atoms with van der Waals surface area (Å²) in [5, 5.41) is 8.15. The SMILES string of the molecule is O=C(Nc1ccc(NC(=O)[C@H]2Nc3ccccc3S(=O)(=O)N2)cc1)c1ccco1. The van der Waals surface area contributed by atoms with E-state index in [-0.39, 0.29) is 10.7 Å². The molecule has 2 amide bonds. The van der Waals surface area contributed by atoms with E-state index in [9.17, 15) is 18.0 Å². The third-order valence-corrected chi connectivity index (χ3v) is 5.65. The van der Waals surface area contributed by atoms with Crippen LogP contribution in [0.5, 0.6) is 0 Å². The molecule has 29 heavy (non-hydrogen) atoms. The molecule has 0 spiro atoms. The average Bonchev–Trinajstić information content (AvgIpc) is 3.24. The predicted octanol–water partition coefficient (Wildman–Crippen LogP) is 2.20. The number of hydrogen-bond acceptors (Lipinski definition) is 6. The standard InChI is InChI=1S/C19H16N4O5S/c24-18(15-5-3-11-28-15)20-12-7-9-13(10-8-12)21-19(25)17-22-14-4-1-2-6-16(14)29(26,27)23-17/h1-11,17,22-23H,(H,20,24)(H,21,25)/t17-/m0/s1. The van der Waals surface area contributed by atoms with Crippen LogP contribution in [-0.4, -0.2) is 26.4 Å². The van der Waals surface area contributed by atoms with Gasteiger partial charge in [-0.25, -0.2) is 8.42 Å². The predicted molar refractivity (Wildman–Crippen MR) is 106 cm³/mol. The van der Waals surface area contributed by atoms with Crippen LogP contribution in [0, 0.1) is 0 Å². The summed E-state index contributed by atoms with van der Waals surface area (Å²) in [6.45, 7) is 0. The molecule has 1 aliphatic rings. The first-order valence-electron chi connectivity index (χ1n) is 8.56. The highest BCUT2D eigenvalue weighted by atomic mass is 32.2. The van der Waals surface area contributed by atoms with E-state index in [1.54, 1.807) is 54.6 Å². The Morgan fingerprint density at radius 1 is 0.897 bits per heavy atom. The number of anilines is 3. The molecule has 2 heterocycles. The van der Waals surface area contributed by atoms with Crippen molar-refractivity contribution in [1.29, 1.82) is 0 Å². The molecular formula is C19H16N4O5S.